The normalized spacial score (nSPS) is 10.4. The number of H-pyrrole nitrogens is 1. The minimum atomic E-state index is -0.175. The van der Waals surface area contributed by atoms with Crippen LogP contribution in [0.3, 0.4) is 0 Å². The Bertz CT molecular complexity index is 404. The van der Waals surface area contributed by atoms with E-state index in [0.29, 0.717) is 11.0 Å². The molecule has 0 aromatic carbocycles. The monoisotopic (exact) mass is 153 g/mol. The van der Waals surface area contributed by atoms with Gasteiger partial charge in [0.1, 0.15) is 5.52 Å². The molecule has 0 unspecified atom stereocenters. The fourth-order valence-corrected chi connectivity index (χ4v) is 1.32. The van der Waals surface area contributed by atoms with Crippen molar-refractivity contribution < 1.29 is 0 Å². The van der Waals surface area contributed by atoms with Crippen molar-refractivity contribution in [3.05, 3.63) is 22.1 Å². The van der Waals surface area contributed by atoms with Gasteiger partial charge in [0.15, 0.2) is 5.52 Å². The number of aromatic nitrogens is 3. The van der Waals surface area contributed by atoms with Crippen LogP contribution in [-0.4, -0.2) is 14.3 Å². The molecule has 4 nitrogen and oxygen atoms in total. The van der Waals surface area contributed by atoms with Gasteiger partial charge < -0.3 is 4.98 Å². The lowest BCUT2D eigenvalue weighted by Gasteiger charge is -1.81. The molecule has 0 saturated heterocycles. The summed E-state index contributed by atoms with van der Waals surface area (Å²) in [5.74, 6) is 0. The van der Waals surface area contributed by atoms with Crippen molar-refractivity contribution >= 4 is 22.6 Å². The van der Waals surface area contributed by atoms with Gasteiger partial charge in [-0.1, -0.05) is 0 Å². The van der Waals surface area contributed by atoms with Gasteiger partial charge in [0.05, 0.1) is 6.33 Å². The van der Waals surface area contributed by atoms with Crippen molar-refractivity contribution in [2.24, 2.45) is 0 Å². The molecule has 0 aliphatic heterocycles. The third-order valence-electron chi connectivity index (χ3n) is 1.17. The number of rotatable bonds is 0. The van der Waals surface area contributed by atoms with Crippen LogP contribution in [0.4, 0.5) is 0 Å². The van der Waals surface area contributed by atoms with E-state index in [9.17, 15) is 4.79 Å². The van der Waals surface area contributed by atoms with Crippen molar-refractivity contribution in [2.75, 3.05) is 0 Å². The average molecular weight is 153 g/mol. The van der Waals surface area contributed by atoms with Crippen LogP contribution in [0, 0.1) is 0 Å². The highest BCUT2D eigenvalue weighted by Crippen LogP contribution is 2.04. The highest BCUT2D eigenvalue weighted by atomic mass is 32.1. The summed E-state index contributed by atoms with van der Waals surface area (Å²) >= 11 is 1.23. The SMILES string of the molecule is O=c1[nH]cnc2csnc12. The van der Waals surface area contributed by atoms with Gasteiger partial charge in [-0.15, -0.1) is 0 Å². The van der Waals surface area contributed by atoms with Crippen LogP contribution in [0.25, 0.3) is 11.0 Å². The van der Waals surface area contributed by atoms with E-state index in [4.69, 9.17) is 0 Å². The van der Waals surface area contributed by atoms with Gasteiger partial charge in [-0.3, -0.25) is 4.79 Å². The van der Waals surface area contributed by atoms with Gasteiger partial charge in [0, 0.05) is 5.38 Å². The molecular weight excluding hydrogens is 150 g/mol. The third kappa shape index (κ3) is 0.640. The molecule has 2 aromatic heterocycles. The molecule has 10 heavy (non-hydrogen) atoms. The van der Waals surface area contributed by atoms with Crippen molar-refractivity contribution in [1.29, 1.82) is 0 Å². The lowest BCUT2D eigenvalue weighted by atomic mass is 10.5. The molecule has 0 saturated carbocycles. The van der Waals surface area contributed by atoms with Gasteiger partial charge in [-0.05, 0) is 11.5 Å². The summed E-state index contributed by atoms with van der Waals surface area (Å²) < 4.78 is 3.85. The minimum absolute atomic E-state index is 0.175. The first-order chi connectivity index (χ1) is 4.88. The van der Waals surface area contributed by atoms with Crippen molar-refractivity contribution in [3.8, 4) is 0 Å². The van der Waals surface area contributed by atoms with E-state index >= 15 is 0 Å². The van der Waals surface area contributed by atoms with E-state index in [0.717, 1.165) is 0 Å². The maximum Gasteiger partial charge on any atom is 0.278 e. The van der Waals surface area contributed by atoms with E-state index in [1.165, 1.54) is 17.9 Å². The first-order valence-electron chi connectivity index (χ1n) is 2.66. The lowest BCUT2D eigenvalue weighted by molar-refractivity contribution is 1.17. The summed E-state index contributed by atoms with van der Waals surface area (Å²) in [6.07, 6.45) is 1.37. The molecule has 5 heteroatoms. The Kier molecular flexibility index (Phi) is 1.04. The smallest absolute Gasteiger partial charge is 0.278 e. The van der Waals surface area contributed by atoms with Crippen molar-refractivity contribution in [3.63, 3.8) is 0 Å². The van der Waals surface area contributed by atoms with Crippen LogP contribution in [0.5, 0.6) is 0 Å². The molecular formula is C5H3N3OS. The summed E-state index contributed by atoms with van der Waals surface area (Å²) in [6, 6.07) is 0. The Morgan fingerprint density at radius 3 is 3.30 bits per heavy atom. The summed E-state index contributed by atoms with van der Waals surface area (Å²) in [5.41, 5.74) is 0.910. The molecule has 0 bridgehead atoms. The molecule has 0 amide bonds. The van der Waals surface area contributed by atoms with E-state index in [1.807, 2.05) is 0 Å². The van der Waals surface area contributed by atoms with Crippen LogP contribution in [0.2, 0.25) is 0 Å². The number of nitrogens with zero attached hydrogens (tertiary/aromatic N) is 2. The number of hydrogen-bond donors (Lipinski definition) is 1. The van der Waals surface area contributed by atoms with Gasteiger partial charge in [-0.25, -0.2) is 4.98 Å². The maximum absolute atomic E-state index is 10.9. The summed E-state index contributed by atoms with van der Waals surface area (Å²) in [7, 11) is 0. The molecule has 2 heterocycles. The zero-order chi connectivity index (χ0) is 6.97. The predicted octanol–water partition coefficient (Wildman–Crippen LogP) is 0.380. The summed E-state index contributed by atoms with van der Waals surface area (Å²) in [6.45, 7) is 0. The molecule has 2 rings (SSSR count). The molecule has 0 radical (unpaired) electrons. The van der Waals surface area contributed by atoms with Crippen LogP contribution in [0.1, 0.15) is 0 Å². The van der Waals surface area contributed by atoms with Crippen molar-refractivity contribution in [1.82, 2.24) is 14.3 Å². The number of nitrogens with one attached hydrogen (secondary N) is 1. The van der Waals surface area contributed by atoms with Gasteiger partial charge in [0.25, 0.3) is 5.56 Å². The number of hydrogen-bond acceptors (Lipinski definition) is 4. The first-order valence-corrected chi connectivity index (χ1v) is 3.49. The largest absolute Gasteiger partial charge is 0.311 e. The maximum atomic E-state index is 10.9. The molecule has 2 aromatic rings. The van der Waals surface area contributed by atoms with Crippen molar-refractivity contribution in [2.45, 2.75) is 0 Å². The van der Waals surface area contributed by atoms with Crippen LogP contribution < -0.4 is 5.56 Å². The molecule has 0 spiro atoms. The first kappa shape index (κ1) is 5.55. The topological polar surface area (TPSA) is 58.6 Å². The molecule has 50 valence electrons. The lowest BCUT2D eigenvalue weighted by Crippen LogP contribution is -2.05. The summed E-state index contributed by atoms with van der Waals surface area (Å²) in [5, 5.41) is 1.74. The Labute approximate surface area is 59.7 Å². The Balaban J connectivity index is 3.09. The quantitative estimate of drug-likeness (QED) is 0.595. The second-order valence-electron chi connectivity index (χ2n) is 1.78. The molecule has 1 N–H and O–H groups in total. The standard InChI is InChI=1S/C5H3N3OS/c9-5-4-3(1-10-8-4)6-2-7-5/h1-2H,(H,6,7,9). The second kappa shape index (κ2) is 1.88. The van der Waals surface area contributed by atoms with E-state index < -0.39 is 0 Å². The fraction of sp³-hybridized carbons (Fsp3) is 0. The highest BCUT2D eigenvalue weighted by Gasteiger charge is 1.98. The van der Waals surface area contributed by atoms with E-state index in [-0.39, 0.29) is 5.56 Å². The van der Waals surface area contributed by atoms with E-state index in [1.54, 1.807) is 5.38 Å². The zero-order valence-corrected chi connectivity index (χ0v) is 5.68. The van der Waals surface area contributed by atoms with Gasteiger partial charge in [-0.2, -0.15) is 4.37 Å². The molecule has 0 aliphatic rings. The number of aromatic amines is 1. The van der Waals surface area contributed by atoms with Gasteiger partial charge >= 0.3 is 0 Å². The fourth-order valence-electron chi connectivity index (χ4n) is 0.710. The Morgan fingerprint density at radius 1 is 1.60 bits per heavy atom. The second-order valence-corrected chi connectivity index (χ2v) is 2.41. The predicted molar refractivity (Wildman–Crippen MR) is 38.0 cm³/mol. The average Bonchev–Trinajstić information content (AvgIpc) is 2.36. The van der Waals surface area contributed by atoms with Crippen LogP contribution in [-0.2, 0) is 0 Å². The molecule has 0 aliphatic carbocycles. The molecule has 0 atom stereocenters. The van der Waals surface area contributed by atoms with E-state index in [2.05, 4.69) is 14.3 Å². The molecule has 0 fully saturated rings. The number of fused-ring (bicyclic) bond motifs is 1. The van der Waals surface area contributed by atoms with Gasteiger partial charge in [0.2, 0.25) is 0 Å². The zero-order valence-electron chi connectivity index (χ0n) is 4.87. The van der Waals surface area contributed by atoms with Crippen LogP contribution >= 0.6 is 11.5 Å². The highest BCUT2D eigenvalue weighted by molar-refractivity contribution is 7.04. The minimum Gasteiger partial charge on any atom is -0.311 e. The third-order valence-corrected chi connectivity index (χ3v) is 1.78. The summed E-state index contributed by atoms with van der Waals surface area (Å²) in [4.78, 5) is 17.2. The Hall–Kier alpha value is -1.23. The van der Waals surface area contributed by atoms with Crippen LogP contribution in [0.15, 0.2) is 16.5 Å². The Morgan fingerprint density at radius 2 is 2.50 bits per heavy atom.